The van der Waals surface area contributed by atoms with Crippen molar-refractivity contribution in [2.45, 2.75) is 49.5 Å². The fourth-order valence-corrected chi connectivity index (χ4v) is 5.84. The molecule has 7 nitrogen and oxygen atoms in total. The lowest BCUT2D eigenvalue weighted by molar-refractivity contribution is -0.115. The number of carbonyl (C=O) groups excluding carboxylic acids is 1. The van der Waals surface area contributed by atoms with Gasteiger partial charge in [0.05, 0.1) is 21.2 Å². The Morgan fingerprint density at radius 3 is 2.53 bits per heavy atom. The molecule has 1 heterocycles. The number of hydrogen-bond acceptors (Lipinski definition) is 5. The van der Waals surface area contributed by atoms with Crippen molar-refractivity contribution in [3.63, 3.8) is 0 Å². The topological polar surface area (TPSA) is 84.3 Å². The molecule has 0 fully saturated rings. The van der Waals surface area contributed by atoms with E-state index in [1.807, 2.05) is 11.5 Å². The highest BCUT2D eigenvalue weighted by Crippen LogP contribution is 2.30. The Morgan fingerprint density at radius 1 is 1.19 bits per heavy atom. The van der Waals surface area contributed by atoms with Crippen molar-refractivity contribution >= 4 is 44.4 Å². The van der Waals surface area contributed by atoms with Crippen molar-refractivity contribution in [3.8, 4) is 0 Å². The van der Waals surface area contributed by atoms with Crippen molar-refractivity contribution in [3.05, 3.63) is 48.3 Å². The van der Waals surface area contributed by atoms with Gasteiger partial charge in [-0.05, 0) is 50.2 Å². The summed E-state index contributed by atoms with van der Waals surface area (Å²) < 4.78 is 42.5. The molecular weight excluding hydrogens is 451 g/mol. The summed E-state index contributed by atoms with van der Waals surface area (Å²) in [4.78, 5) is 17.4. The molecule has 0 aliphatic heterocycles. The molecular formula is C22H27FN4O3S2. The predicted octanol–water partition coefficient (Wildman–Crippen LogP) is 4.35. The van der Waals surface area contributed by atoms with Crippen LogP contribution in [0.1, 0.15) is 27.7 Å². The van der Waals surface area contributed by atoms with E-state index < -0.39 is 21.1 Å². The SMILES string of the molecule is CCN(CC)S(=O)(=O)c1ccc2c(c1)nc(SC(C)C(=O)Nc1cccc(F)c1)n2CC. The number of rotatable bonds is 9. The highest BCUT2D eigenvalue weighted by atomic mass is 32.2. The van der Waals surface area contributed by atoms with E-state index in [1.54, 1.807) is 45.0 Å². The van der Waals surface area contributed by atoms with Crippen LogP contribution >= 0.6 is 11.8 Å². The molecule has 1 unspecified atom stereocenters. The lowest BCUT2D eigenvalue weighted by atomic mass is 10.3. The number of hydrogen-bond donors (Lipinski definition) is 1. The molecule has 1 N–H and O–H groups in total. The van der Waals surface area contributed by atoms with Gasteiger partial charge in [0, 0.05) is 25.3 Å². The summed E-state index contributed by atoms with van der Waals surface area (Å²) in [7, 11) is -3.60. The molecule has 172 valence electrons. The van der Waals surface area contributed by atoms with E-state index in [2.05, 4.69) is 10.3 Å². The molecule has 0 saturated heterocycles. The Morgan fingerprint density at radius 2 is 1.91 bits per heavy atom. The number of aromatic nitrogens is 2. The summed E-state index contributed by atoms with van der Waals surface area (Å²) in [6, 6.07) is 10.7. The van der Waals surface area contributed by atoms with Gasteiger partial charge < -0.3 is 9.88 Å². The first-order chi connectivity index (χ1) is 15.2. The van der Waals surface area contributed by atoms with Crippen LogP contribution in [0.25, 0.3) is 11.0 Å². The molecule has 0 aliphatic carbocycles. The fourth-order valence-electron chi connectivity index (χ4n) is 3.38. The maximum absolute atomic E-state index is 13.4. The second-order valence-electron chi connectivity index (χ2n) is 7.14. The molecule has 0 aliphatic rings. The smallest absolute Gasteiger partial charge is 0.243 e. The molecule has 32 heavy (non-hydrogen) atoms. The maximum atomic E-state index is 13.4. The van der Waals surface area contributed by atoms with Crippen LogP contribution in [0.2, 0.25) is 0 Å². The van der Waals surface area contributed by atoms with Crippen LogP contribution in [0.4, 0.5) is 10.1 Å². The third-order valence-electron chi connectivity index (χ3n) is 5.09. The lowest BCUT2D eigenvalue weighted by Crippen LogP contribution is -2.30. The van der Waals surface area contributed by atoms with Gasteiger partial charge in [-0.25, -0.2) is 17.8 Å². The van der Waals surface area contributed by atoms with Crippen LogP contribution in [0.15, 0.2) is 52.5 Å². The number of benzene rings is 2. The second-order valence-corrected chi connectivity index (χ2v) is 10.4. The average molecular weight is 479 g/mol. The van der Waals surface area contributed by atoms with Gasteiger partial charge in [-0.3, -0.25) is 4.79 Å². The Kier molecular flexibility index (Phi) is 7.58. The van der Waals surface area contributed by atoms with E-state index in [9.17, 15) is 17.6 Å². The van der Waals surface area contributed by atoms with Crippen molar-refractivity contribution < 1.29 is 17.6 Å². The zero-order valence-electron chi connectivity index (χ0n) is 18.5. The van der Waals surface area contributed by atoms with Gasteiger partial charge in [-0.2, -0.15) is 4.31 Å². The molecule has 0 spiro atoms. The van der Waals surface area contributed by atoms with Crippen LogP contribution in [0, 0.1) is 5.82 Å². The highest BCUT2D eigenvalue weighted by molar-refractivity contribution is 8.00. The van der Waals surface area contributed by atoms with Gasteiger partial charge in [0.25, 0.3) is 0 Å². The van der Waals surface area contributed by atoms with Crippen LogP contribution in [-0.2, 0) is 21.4 Å². The summed E-state index contributed by atoms with van der Waals surface area (Å²) in [5.74, 6) is -0.702. The van der Waals surface area contributed by atoms with Gasteiger partial charge >= 0.3 is 0 Å². The molecule has 3 aromatic rings. The van der Waals surface area contributed by atoms with Crippen LogP contribution < -0.4 is 5.32 Å². The first-order valence-electron chi connectivity index (χ1n) is 10.4. The molecule has 1 atom stereocenters. The van der Waals surface area contributed by atoms with Crippen LogP contribution in [0.5, 0.6) is 0 Å². The Balaban J connectivity index is 1.87. The van der Waals surface area contributed by atoms with E-state index in [0.29, 0.717) is 36.0 Å². The number of amides is 1. The van der Waals surface area contributed by atoms with E-state index in [0.717, 1.165) is 5.52 Å². The Hall–Kier alpha value is -2.43. The summed E-state index contributed by atoms with van der Waals surface area (Å²) in [6.45, 7) is 8.70. The molecule has 0 saturated carbocycles. The third-order valence-corrected chi connectivity index (χ3v) is 8.22. The number of anilines is 1. The van der Waals surface area contributed by atoms with E-state index in [-0.39, 0.29) is 10.8 Å². The number of nitrogens with one attached hydrogen (secondary N) is 1. The summed E-state index contributed by atoms with van der Waals surface area (Å²) in [5, 5.41) is 2.82. The minimum absolute atomic E-state index is 0.197. The first kappa shape index (κ1) is 24.2. The molecule has 1 amide bonds. The number of aryl methyl sites for hydroxylation is 1. The highest BCUT2D eigenvalue weighted by Gasteiger charge is 2.24. The largest absolute Gasteiger partial charge is 0.325 e. The zero-order valence-corrected chi connectivity index (χ0v) is 20.1. The number of carbonyl (C=O) groups is 1. The van der Waals surface area contributed by atoms with Crippen molar-refractivity contribution in [1.29, 1.82) is 0 Å². The molecule has 3 rings (SSSR count). The summed E-state index contributed by atoms with van der Waals surface area (Å²) in [6.07, 6.45) is 0. The van der Waals surface area contributed by atoms with Crippen molar-refractivity contribution in [1.82, 2.24) is 13.9 Å². The number of imidazole rings is 1. The number of fused-ring (bicyclic) bond motifs is 1. The number of halogens is 1. The predicted molar refractivity (Wildman–Crippen MR) is 126 cm³/mol. The monoisotopic (exact) mass is 478 g/mol. The van der Waals surface area contributed by atoms with E-state index in [1.165, 1.54) is 34.3 Å². The minimum Gasteiger partial charge on any atom is -0.325 e. The summed E-state index contributed by atoms with van der Waals surface area (Å²) in [5.41, 5.74) is 1.74. The quantitative estimate of drug-likeness (QED) is 0.463. The lowest BCUT2D eigenvalue weighted by Gasteiger charge is -2.18. The van der Waals surface area contributed by atoms with Gasteiger partial charge in [-0.1, -0.05) is 31.7 Å². The Bertz CT molecular complexity index is 1220. The van der Waals surface area contributed by atoms with Crippen LogP contribution in [0.3, 0.4) is 0 Å². The zero-order chi connectivity index (χ0) is 23.5. The van der Waals surface area contributed by atoms with Gasteiger partial charge in [0.15, 0.2) is 5.16 Å². The first-order valence-corrected chi connectivity index (χ1v) is 12.8. The van der Waals surface area contributed by atoms with Gasteiger partial charge in [0.2, 0.25) is 15.9 Å². The average Bonchev–Trinajstić information content (AvgIpc) is 3.10. The van der Waals surface area contributed by atoms with Gasteiger partial charge in [0.1, 0.15) is 5.82 Å². The molecule has 0 radical (unpaired) electrons. The Labute approximate surface area is 192 Å². The molecule has 2 aromatic carbocycles. The fraction of sp³-hybridized carbons (Fsp3) is 0.364. The van der Waals surface area contributed by atoms with E-state index in [4.69, 9.17) is 0 Å². The molecule has 10 heteroatoms. The second kappa shape index (κ2) is 10.0. The minimum atomic E-state index is -3.60. The van der Waals surface area contributed by atoms with E-state index >= 15 is 0 Å². The standard InChI is InChI=1S/C22H27FN4O3S2/c1-5-26(6-2)32(29,30)18-11-12-20-19(14-18)25-22(27(20)7-3)31-15(4)21(28)24-17-10-8-9-16(23)13-17/h8-15H,5-7H2,1-4H3,(H,24,28). The number of nitrogens with zero attached hydrogens (tertiary/aromatic N) is 3. The normalized spacial score (nSPS) is 12.9. The van der Waals surface area contributed by atoms with Gasteiger partial charge in [-0.15, -0.1) is 0 Å². The maximum Gasteiger partial charge on any atom is 0.243 e. The number of thioether (sulfide) groups is 1. The van der Waals surface area contributed by atoms with Crippen molar-refractivity contribution in [2.75, 3.05) is 18.4 Å². The molecule has 1 aromatic heterocycles. The number of sulfonamides is 1. The van der Waals surface area contributed by atoms with Crippen molar-refractivity contribution in [2.24, 2.45) is 0 Å². The third kappa shape index (κ3) is 4.97. The molecule has 0 bridgehead atoms. The summed E-state index contributed by atoms with van der Waals surface area (Å²) >= 11 is 1.27. The van der Waals surface area contributed by atoms with Crippen LogP contribution in [-0.4, -0.2) is 46.5 Å².